The van der Waals surface area contributed by atoms with E-state index in [-0.39, 0.29) is 0 Å². The van der Waals surface area contributed by atoms with Gasteiger partial charge in [0.25, 0.3) is 0 Å². The van der Waals surface area contributed by atoms with Crippen LogP contribution < -0.4 is 10.6 Å². The van der Waals surface area contributed by atoms with Gasteiger partial charge in [0, 0.05) is 24.8 Å². The van der Waals surface area contributed by atoms with Crippen molar-refractivity contribution in [1.82, 2.24) is 4.90 Å². The SMILES string of the molecule is CN(C)CC1CCCN1c1c(Cl)cc(N)cc1Cl. The van der Waals surface area contributed by atoms with Gasteiger partial charge < -0.3 is 15.5 Å². The number of halogens is 2. The molecule has 2 N–H and O–H groups in total. The molecule has 2 rings (SSSR count). The minimum absolute atomic E-state index is 0.471. The maximum absolute atomic E-state index is 6.30. The Bertz CT molecular complexity index is 411. The normalized spacial score (nSPS) is 19.8. The van der Waals surface area contributed by atoms with Crippen molar-refractivity contribution in [1.29, 1.82) is 0 Å². The molecule has 1 aromatic rings. The fourth-order valence-electron chi connectivity index (χ4n) is 2.60. The van der Waals surface area contributed by atoms with E-state index in [0.29, 0.717) is 21.8 Å². The Kier molecular flexibility index (Phi) is 4.25. The van der Waals surface area contributed by atoms with Crippen LogP contribution in [-0.4, -0.2) is 38.1 Å². The lowest BCUT2D eigenvalue weighted by atomic mass is 10.2. The molecule has 1 saturated heterocycles. The van der Waals surface area contributed by atoms with Crippen molar-refractivity contribution >= 4 is 34.6 Å². The second kappa shape index (κ2) is 5.55. The summed E-state index contributed by atoms with van der Waals surface area (Å²) in [7, 11) is 4.17. The first-order valence-corrected chi connectivity index (χ1v) is 6.90. The Balaban J connectivity index is 2.30. The summed E-state index contributed by atoms with van der Waals surface area (Å²) >= 11 is 12.6. The molecule has 1 aliphatic heterocycles. The van der Waals surface area contributed by atoms with Gasteiger partial charge in [0.05, 0.1) is 15.7 Å². The van der Waals surface area contributed by atoms with E-state index in [4.69, 9.17) is 28.9 Å². The fourth-order valence-corrected chi connectivity index (χ4v) is 3.32. The summed E-state index contributed by atoms with van der Waals surface area (Å²) in [6.07, 6.45) is 2.35. The van der Waals surface area contributed by atoms with Crippen LogP contribution in [0.5, 0.6) is 0 Å². The molecule has 1 aliphatic rings. The molecule has 0 radical (unpaired) electrons. The topological polar surface area (TPSA) is 32.5 Å². The van der Waals surface area contributed by atoms with Crippen LogP contribution in [0, 0.1) is 0 Å². The lowest BCUT2D eigenvalue weighted by Gasteiger charge is -2.30. The highest BCUT2D eigenvalue weighted by molar-refractivity contribution is 6.39. The van der Waals surface area contributed by atoms with Crippen LogP contribution in [0.3, 0.4) is 0 Å². The van der Waals surface area contributed by atoms with Crippen LogP contribution in [0.4, 0.5) is 11.4 Å². The zero-order chi connectivity index (χ0) is 13.3. The Morgan fingerprint density at radius 1 is 1.33 bits per heavy atom. The number of hydrogen-bond acceptors (Lipinski definition) is 3. The van der Waals surface area contributed by atoms with Gasteiger partial charge in [0.2, 0.25) is 0 Å². The molecule has 0 amide bonds. The molecular weight excluding hydrogens is 269 g/mol. The number of likely N-dealkylation sites (N-methyl/N-ethyl adjacent to an activating group) is 1. The van der Waals surface area contributed by atoms with E-state index in [0.717, 1.165) is 18.8 Å². The first kappa shape index (κ1) is 13.8. The Morgan fingerprint density at radius 3 is 2.50 bits per heavy atom. The zero-order valence-corrected chi connectivity index (χ0v) is 12.3. The second-order valence-corrected chi connectivity index (χ2v) is 5.90. The van der Waals surface area contributed by atoms with E-state index in [1.54, 1.807) is 12.1 Å². The Hall–Kier alpha value is -0.640. The molecule has 1 heterocycles. The molecule has 100 valence electrons. The third-order valence-electron chi connectivity index (χ3n) is 3.28. The fraction of sp³-hybridized carbons (Fsp3) is 0.538. The molecule has 3 nitrogen and oxygen atoms in total. The number of benzene rings is 1. The molecule has 1 fully saturated rings. The third kappa shape index (κ3) is 2.85. The summed E-state index contributed by atoms with van der Waals surface area (Å²) in [6, 6.07) is 4.01. The standard InChI is InChI=1S/C13H19Cl2N3/c1-17(2)8-10-4-3-5-18(10)13-11(14)6-9(16)7-12(13)15/h6-7,10H,3-5,8,16H2,1-2H3. The van der Waals surface area contributed by atoms with Crippen LogP contribution in [0.1, 0.15) is 12.8 Å². The van der Waals surface area contributed by atoms with Crippen molar-refractivity contribution in [2.45, 2.75) is 18.9 Å². The lowest BCUT2D eigenvalue weighted by molar-refractivity contribution is 0.372. The number of nitrogen functional groups attached to an aromatic ring is 1. The molecular formula is C13H19Cl2N3. The van der Waals surface area contributed by atoms with Crippen molar-refractivity contribution in [3.63, 3.8) is 0 Å². The molecule has 1 unspecified atom stereocenters. The van der Waals surface area contributed by atoms with Gasteiger partial charge in [-0.2, -0.15) is 0 Å². The summed E-state index contributed by atoms with van der Waals surface area (Å²) in [5.74, 6) is 0. The van der Waals surface area contributed by atoms with E-state index < -0.39 is 0 Å². The highest BCUT2D eigenvalue weighted by Gasteiger charge is 2.28. The zero-order valence-electron chi connectivity index (χ0n) is 10.8. The summed E-state index contributed by atoms with van der Waals surface area (Å²) in [4.78, 5) is 4.51. The van der Waals surface area contributed by atoms with Gasteiger partial charge in [-0.05, 0) is 39.1 Å². The van der Waals surface area contributed by atoms with Crippen LogP contribution in [-0.2, 0) is 0 Å². The van der Waals surface area contributed by atoms with Gasteiger partial charge in [-0.1, -0.05) is 23.2 Å². The van der Waals surface area contributed by atoms with Gasteiger partial charge in [0.15, 0.2) is 0 Å². The number of nitrogens with two attached hydrogens (primary N) is 1. The number of rotatable bonds is 3. The van der Waals surface area contributed by atoms with E-state index in [2.05, 4.69) is 23.9 Å². The summed E-state index contributed by atoms with van der Waals surface area (Å²) in [6.45, 7) is 2.01. The monoisotopic (exact) mass is 287 g/mol. The van der Waals surface area contributed by atoms with Gasteiger partial charge in [0.1, 0.15) is 0 Å². The van der Waals surface area contributed by atoms with E-state index >= 15 is 0 Å². The van der Waals surface area contributed by atoms with Crippen LogP contribution in [0.2, 0.25) is 10.0 Å². The van der Waals surface area contributed by atoms with Gasteiger partial charge >= 0.3 is 0 Å². The number of hydrogen-bond donors (Lipinski definition) is 1. The molecule has 0 spiro atoms. The predicted octanol–water partition coefficient (Wildman–Crippen LogP) is 3.11. The van der Waals surface area contributed by atoms with E-state index in [1.807, 2.05) is 0 Å². The molecule has 18 heavy (non-hydrogen) atoms. The largest absolute Gasteiger partial charge is 0.399 e. The quantitative estimate of drug-likeness (QED) is 0.867. The van der Waals surface area contributed by atoms with Crippen molar-refractivity contribution < 1.29 is 0 Å². The average molecular weight is 288 g/mol. The Morgan fingerprint density at radius 2 is 1.94 bits per heavy atom. The van der Waals surface area contributed by atoms with Gasteiger partial charge in [-0.25, -0.2) is 0 Å². The van der Waals surface area contributed by atoms with Gasteiger partial charge in [-0.3, -0.25) is 0 Å². The summed E-state index contributed by atoms with van der Waals surface area (Å²) < 4.78 is 0. The molecule has 0 saturated carbocycles. The van der Waals surface area contributed by atoms with Crippen LogP contribution in [0.15, 0.2) is 12.1 Å². The maximum atomic E-state index is 6.30. The molecule has 5 heteroatoms. The maximum Gasteiger partial charge on any atom is 0.0749 e. The minimum Gasteiger partial charge on any atom is -0.399 e. The van der Waals surface area contributed by atoms with Crippen LogP contribution in [0.25, 0.3) is 0 Å². The average Bonchev–Trinajstić information content (AvgIpc) is 2.63. The minimum atomic E-state index is 0.471. The highest BCUT2D eigenvalue weighted by Crippen LogP contribution is 2.39. The van der Waals surface area contributed by atoms with Crippen molar-refractivity contribution in [2.75, 3.05) is 37.8 Å². The number of nitrogens with zero attached hydrogens (tertiary/aromatic N) is 2. The predicted molar refractivity (Wildman–Crippen MR) is 79.8 cm³/mol. The van der Waals surface area contributed by atoms with Crippen LogP contribution >= 0.6 is 23.2 Å². The van der Waals surface area contributed by atoms with Crippen molar-refractivity contribution in [3.8, 4) is 0 Å². The second-order valence-electron chi connectivity index (χ2n) is 5.08. The first-order chi connectivity index (χ1) is 8.49. The highest BCUT2D eigenvalue weighted by atomic mass is 35.5. The van der Waals surface area contributed by atoms with E-state index in [9.17, 15) is 0 Å². The Labute approximate surface area is 118 Å². The van der Waals surface area contributed by atoms with Crippen molar-refractivity contribution in [2.24, 2.45) is 0 Å². The summed E-state index contributed by atoms with van der Waals surface area (Å²) in [5, 5.41) is 1.29. The van der Waals surface area contributed by atoms with Crippen molar-refractivity contribution in [3.05, 3.63) is 22.2 Å². The molecule has 0 aromatic heterocycles. The molecule has 1 atom stereocenters. The summed E-state index contributed by atoms with van der Waals surface area (Å²) in [5.41, 5.74) is 7.28. The smallest absolute Gasteiger partial charge is 0.0749 e. The van der Waals surface area contributed by atoms with Gasteiger partial charge in [-0.15, -0.1) is 0 Å². The molecule has 0 aliphatic carbocycles. The van der Waals surface area contributed by atoms with E-state index in [1.165, 1.54) is 12.8 Å². The lowest BCUT2D eigenvalue weighted by Crippen LogP contribution is -2.37. The first-order valence-electron chi connectivity index (χ1n) is 6.15. The third-order valence-corrected chi connectivity index (χ3v) is 3.86. The molecule has 1 aromatic carbocycles. The molecule has 0 bridgehead atoms. The number of anilines is 2.